The van der Waals surface area contributed by atoms with Crippen LogP contribution < -0.4 is 25.2 Å². The molecule has 0 saturated heterocycles. The molecule has 0 aliphatic rings. The lowest BCUT2D eigenvalue weighted by atomic mass is 10.2. The number of hydrogen-bond acceptors (Lipinski definition) is 8. The van der Waals surface area contributed by atoms with Crippen molar-refractivity contribution >= 4 is 34.8 Å². The van der Waals surface area contributed by atoms with Crippen LogP contribution in [0.1, 0.15) is 34.7 Å². The number of ether oxygens (including phenoxy) is 1. The molecule has 1 atom stereocenters. The molecular formula is C26H35N5O2S. The molecule has 0 aliphatic carbocycles. The van der Waals surface area contributed by atoms with Crippen molar-refractivity contribution in [1.29, 1.82) is 0 Å². The smallest absolute Gasteiger partial charge is 0.153 e. The molecule has 34 heavy (non-hydrogen) atoms. The third-order valence-corrected chi connectivity index (χ3v) is 6.60. The van der Waals surface area contributed by atoms with Gasteiger partial charge in [-0.15, -0.1) is 11.3 Å². The first-order valence-electron chi connectivity index (χ1n) is 11.6. The lowest BCUT2D eigenvalue weighted by Crippen LogP contribution is -2.31. The first kappa shape index (κ1) is 25.5. The van der Waals surface area contributed by atoms with E-state index in [1.54, 1.807) is 17.5 Å². The van der Waals surface area contributed by atoms with Gasteiger partial charge in [0, 0.05) is 69.0 Å². The molecule has 2 heterocycles. The topological polar surface area (TPSA) is 69.7 Å². The number of aldehydes is 1. The van der Waals surface area contributed by atoms with E-state index in [-0.39, 0.29) is 6.10 Å². The number of nitrogens with zero attached hydrogens (tertiary/aromatic N) is 3. The molecule has 0 radical (unpaired) electrons. The highest BCUT2D eigenvalue weighted by atomic mass is 32.1. The lowest BCUT2D eigenvalue weighted by Gasteiger charge is -2.26. The molecule has 0 saturated carbocycles. The first-order chi connectivity index (χ1) is 16.5. The predicted molar refractivity (Wildman–Crippen MR) is 143 cm³/mol. The van der Waals surface area contributed by atoms with Crippen molar-refractivity contribution in [2.24, 2.45) is 0 Å². The molecule has 3 rings (SSSR count). The zero-order valence-electron chi connectivity index (χ0n) is 20.5. The molecule has 0 bridgehead atoms. The predicted octanol–water partition coefficient (Wildman–Crippen LogP) is 4.69. The number of carbonyl (C=O) groups excluding carboxylic acids is 1. The van der Waals surface area contributed by atoms with Crippen LogP contribution in [0.4, 0.5) is 17.2 Å². The molecule has 0 aliphatic heterocycles. The quantitative estimate of drug-likeness (QED) is 0.324. The molecule has 182 valence electrons. The Morgan fingerprint density at radius 1 is 1.15 bits per heavy atom. The van der Waals surface area contributed by atoms with Crippen molar-refractivity contribution in [3.63, 3.8) is 0 Å². The second-order valence-electron chi connectivity index (χ2n) is 8.13. The van der Waals surface area contributed by atoms with Gasteiger partial charge in [0.2, 0.25) is 0 Å². The van der Waals surface area contributed by atoms with Crippen molar-refractivity contribution < 1.29 is 9.53 Å². The molecule has 2 N–H and O–H groups in total. The van der Waals surface area contributed by atoms with Gasteiger partial charge in [-0.3, -0.25) is 4.79 Å². The van der Waals surface area contributed by atoms with E-state index in [9.17, 15) is 4.79 Å². The summed E-state index contributed by atoms with van der Waals surface area (Å²) < 4.78 is 6.39. The Morgan fingerprint density at radius 2 is 1.97 bits per heavy atom. The summed E-state index contributed by atoms with van der Waals surface area (Å²) >= 11 is 1.72. The number of anilines is 3. The molecule has 0 spiro atoms. The summed E-state index contributed by atoms with van der Waals surface area (Å²) in [6, 6.07) is 14.3. The molecule has 0 amide bonds. The zero-order chi connectivity index (χ0) is 24.3. The van der Waals surface area contributed by atoms with Gasteiger partial charge in [-0.05, 0) is 44.1 Å². The van der Waals surface area contributed by atoms with E-state index in [2.05, 4.69) is 62.1 Å². The van der Waals surface area contributed by atoms with E-state index < -0.39 is 0 Å². The summed E-state index contributed by atoms with van der Waals surface area (Å²) in [6.07, 6.45) is 3.41. The van der Waals surface area contributed by atoms with Crippen LogP contribution >= 0.6 is 11.3 Å². The van der Waals surface area contributed by atoms with Crippen LogP contribution in [0.15, 0.2) is 54.0 Å². The molecule has 3 aromatic rings. The first-order valence-corrected chi connectivity index (χ1v) is 12.5. The van der Waals surface area contributed by atoms with Crippen LogP contribution in [-0.2, 0) is 0 Å². The third-order valence-electron chi connectivity index (χ3n) is 5.63. The molecule has 1 aromatic carbocycles. The van der Waals surface area contributed by atoms with Gasteiger partial charge >= 0.3 is 0 Å². The second kappa shape index (κ2) is 13.0. The molecule has 8 heteroatoms. The van der Waals surface area contributed by atoms with E-state index in [4.69, 9.17) is 4.74 Å². The highest BCUT2D eigenvalue weighted by Crippen LogP contribution is 2.30. The van der Waals surface area contributed by atoms with E-state index in [0.717, 1.165) is 61.8 Å². The van der Waals surface area contributed by atoms with Crippen LogP contribution in [0.5, 0.6) is 5.75 Å². The normalized spacial score (nSPS) is 11.6. The van der Waals surface area contributed by atoms with Crippen molar-refractivity contribution in [1.82, 2.24) is 10.3 Å². The minimum Gasteiger partial charge on any atom is -0.485 e. The van der Waals surface area contributed by atoms with E-state index in [1.165, 1.54) is 4.88 Å². The van der Waals surface area contributed by atoms with E-state index in [1.807, 2.05) is 39.2 Å². The molecule has 0 fully saturated rings. The van der Waals surface area contributed by atoms with Gasteiger partial charge in [0.15, 0.2) is 6.29 Å². The van der Waals surface area contributed by atoms with E-state index in [0.29, 0.717) is 5.56 Å². The number of aromatic nitrogens is 1. The number of rotatable bonds is 14. The van der Waals surface area contributed by atoms with Gasteiger partial charge < -0.3 is 25.2 Å². The maximum absolute atomic E-state index is 11.5. The van der Waals surface area contributed by atoms with Crippen LogP contribution in [-0.4, -0.2) is 58.6 Å². The van der Waals surface area contributed by atoms with Gasteiger partial charge in [-0.1, -0.05) is 12.1 Å². The summed E-state index contributed by atoms with van der Waals surface area (Å²) in [7, 11) is 6.03. The average molecular weight is 482 g/mol. The molecule has 2 aromatic heterocycles. The number of hydrogen-bond donors (Lipinski definition) is 2. The van der Waals surface area contributed by atoms with Crippen molar-refractivity contribution in [2.75, 3.05) is 62.4 Å². The van der Waals surface area contributed by atoms with Gasteiger partial charge in [0.25, 0.3) is 0 Å². The lowest BCUT2D eigenvalue weighted by molar-refractivity contribution is 0.112. The Kier molecular flexibility index (Phi) is 9.73. The number of benzene rings is 1. The SMILES string of the molecule is CCNc1cc(N(C)CCN(C)c2cccc(OC(CCNC)c3cccs3)c2)c(C=O)cn1. The fourth-order valence-electron chi connectivity index (χ4n) is 3.67. The van der Waals surface area contributed by atoms with Crippen LogP contribution in [0.25, 0.3) is 0 Å². The largest absolute Gasteiger partial charge is 0.485 e. The molecular weight excluding hydrogens is 446 g/mol. The summed E-state index contributed by atoms with van der Waals surface area (Å²) in [5.41, 5.74) is 2.54. The number of carbonyl (C=O) groups is 1. The van der Waals surface area contributed by atoms with Gasteiger partial charge in [-0.25, -0.2) is 4.98 Å². The third kappa shape index (κ3) is 6.95. The second-order valence-corrected chi connectivity index (χ2v) is 9.11. The summed E-state index contributed by atoms with van der Waals surface area (Å²) in [4.78, 5) is 21.3. The van der Waals surface area contributed by atoms with Crippen molar-refractivity contribution in [2.45, 2.75) is 19.4 Å². The monoisotopic (exact) mass is 481 g/mol. The standard InChI is InChI=1S/C26H35N5O2S/c1-5-28-26-17-23(20(19-32)18-29-26)31(4)14-13-30(3)21-8-6-9-22(16-21)33-24(11-12-27-2)25-10-7-15-34-25/h6-10,15-19,24,27H,5,11-14H2,1-4H3,(H,28,29). The summed E-state index contributed by atoms with van der Waals surface area (Å²) in [5, 5.41) is 8.51. The Labute approximate surface area is 206 Å². The Bertz CT molecular complexity index is 1030. The van der Waals surface area contributed by atoms with Gasteiger partial charge in [0.05, 0.1) is 11.3 Å². The zero-order valence-corrected chi connectivity index (χ0v) is 21.3. The van der Waals surface area contributed by atoms with Crippen molar-refractivity contribution in [3.05, 3.63) is 64.5 Å². The van der Waals surface area contributed by atoms with Gasteiger partial charge in [-0.2, -0.15) is 0 Å². The number of thiophene rings is 1. The Hall–Kier alpha value is -3.10. The fourth-order valence-corrected chi connectivity index (χ4v) is 4.46. The van der Waals surface area contributed by atoms with Crippen molar-refractivity contribution in [3.8, 4) is 5.75 Å². The minimum atomic E-state index is 0.0264. The highest BCUT2D eigenvalue weighted by Gasteiger charge is 2.15. The van der Waals surface area contributed by atoms with Crippen LogP contribution in [0.3, 0.4) is 0 Å². The summed E-state index contributed by atoms with van der Waals surface area (Å²) in [6.45, 7) is 5.22. The fraction of sp³-hybridized carbons (Fsp3) is 0.385. The summed E-state index contributed by atoms with van der Waals surface area (Å²) in [5.74, 6) is 1.63. The number of pyridine rings is 1. The van der Waals surface area contributed by atoms with Crippen LogP contribution in [0, 0.1) is 0 Å². The minimum absolute atomic E-state index is 0.0264. The molecule has 7 nitrogen and oxygen atoms in total. The maximum Gasteiger partial charge on any atom is 0.153 e. The highest BCUT2D eigenvalue weighted by molar-refractivity contribution is 7.10. The Balaban J connectivity index is 1.65. The van der Waals surface area contributed by atoms with Crippen LogP contribution in [0.2, 0.25) is 0 Å². The maximum atomic E-state index is 11.5. The number of likely N-dealkylation sites (N-methyl/N-ethyl adjacent to an activating group) is 2. The molecule has 1 unspecified atom stereocenters. The average Bonchev–Trinajstić information content (AvgIpc) is 3.40. The Morgan fingerprint density at radius 3 is 2.68 bits per heavy atom. The van der Waals surface area contributed by atoms with Gasteiger partial charge in [0.1, 0.15) is 17.7 Å². The van der Waals surface area contributed by atoms with E-state index >= 15 is 0 Å². The number of nitrogens with one attached hydrogen (secondary N) is 2.